The van der Waals surface area contributed by atoms with Crippen LogP contribution in [0.3, 0.4) is 0 Å². The first-order valence-corrected chi connectivity index (χ1v) is 3.65. The Morgan fingerprint density at radius 2 is 2.38 bits per heavy atom. The molecule has 3 nitrogen and oxygen atoms in total. The molecule has 0 amide bonds. The number of carboxylic acid groups (broad SMARTS) is 1. The third kappa shape index (κ3) is 6.16. The highest BCUT2D eigenvalue weighted by molar-refractivity contribution is 14.1. The summed E-state index contributed by atoms with van der Waals surface area (Å²) in [7, 11) is 0. The molecule has 0 radical (unpaired) electrons. The van der Waals surface area contributed by atoms with E-state index in [1.54, 1.807) is 0 Å². The van der Waals surface area contributed by atoms with Gasteiger partial charge < -0.3 is 9.84 Å². The summed E-state index contributed by atoms with van der Waals surface area (Å²) in [5.74, 6) is -0.908. The van der Waals surface area contributed by atoms with E-state index in [4.69, 9.17) is 5.11 Å². The number of hydrogen-bond acceptors (Lipinski definition) is 2. The Balaban J connectivity index is 2.82. The molecule has 1 N–H and O–H groups in total. The second-order valence-corrected chi connectivity index (χ2v) is 2.21. The van der Waals surface area contributed by atoms with Crippen molar-refractivity contribution in [3.63, 3.8) is 0 Å². The monoisotopic (exact) mass is 230 g/mol. The molecule has 0 heterocycles. The van der Waals surface area contributed by atoms with E-state index in [9.17, 15) is 4.79 Å². The summed E-state index contributed by atoms with van der Waals surface area (Å²) in [6.07, 6.45) is 0. The van der Waals surface area contributed by atoms with E-state index in [-0.39, 0.29) is 6.61 Å². The normalized spacial score (nSPS) is 9.12. The van der Waals surface area contributed by atoms with Crippen molar-refractivity contribution < 1.29 is 14.6 Å². The van der Waals surface area contributed by atoms with Crippen molar-refractivity contribution >= 4 is 28.6 Å². The van der Waals surface area contributed by atoms with Crippen molar-refractivity contribution in [2.24, 2.45) is 0 Å². The summed E-state index contributed by atoms with van der Waals surface area (Å²) in [5, 5.41) is 8.01. The maximum absolute atomic E-state index is 9.75. The van der Waals surface area contributed by atoms with Crippen LogP contribution >= 0.6 is 22.6 Å². The summed E-state index contributed by atoms with van der Waals surface area (Å²) >= 11 is 2.12. The molecular weight excluding hydrogens is 223 g/mol. The molecule has 0 bridgehead atoms. The van der Waals surface area contributed by atoms with E-state index in [2.05, 4.69) is 27.3 Å². The number of aliphatic carboxylic acids is 1. The van der Waals surface area contributed by atoms with Crippen molar-refractivity contribution in [1.82, 2.24) is 0 Å². The van der Waals surface area contributed by atoms with Gasteiger partial charge in [-0.3, -0.25) is 0 Å². The third-order valence-electron chi connectivity index (χ3n) is 0.447. The van der Waals surface area contributed by atoms with Gasteiger partial charge in [-0.25, -0.2) is 4.79 Å². The van der Waals surface area contributed by atoms with Crippen LogP contribution in [0.1, 0.15) is 0 Å². The first-order chi connectivity index (χ1) is 3.77. The summed E-state index contributed by atoms with van der Waals surface area (Å²) in [6.45, 7) is 0.343. The van der Waals surface area contributed by atoms with Gasteiger partial charge in [-0.05, 0) is 0 Å². The van der Waals surface area contributed by atoms with Gasteiger partial charge in [0, 0.05) is 4.43 Å². The Morgan fingerprint density at radius 3 is 2.75 bits per heavy atom. The number of alkyl halides is 1. The molecule has 4 heteroatoms. The molecule has 0 unspecified atom stereocenters. The number of carbonyl (C=O) groups is 1. The summed E-state index contributed by atoms with van der Waals surface area (Å²) in [6, 6.07) is 0. The predicted molar refractivity (Wildman–Crippen MR) is 37.3 cm³/mol. The molecule has 0 spiro atoms. The van der Waals surface area contributed by atoms with Crippen LogP contribution < -0.4 is 0 Å². The average Bonchev–Trinajstić information content (AvgIpc) is 1.66. The van der Waals surface area contributed by atoms with Crippen molar-refractivity contribution in [3.8, 4) is 0 Å². The van der Waals surface area contributed by atoms with Crippen LogP contribution in [0.25, 0.3) is 0 Å². The Hall–Kier alpha value is 0.160. The molecule has 0 saturated heterocycles. The highest BCUT2D eigenvalue weighted by atomic mass is 127. The van der Waals surface area contributed by atoms with E-state index in [0.717, 1.165) is 4.43 Å². The van der Waals surface area contributed by atoms with E-state index in [0.29, 0.717) is 6.61 Å². The molecule has 0 atom stereocenters. The van der Waals surface area contributed by atoms with Crippen LogP contribution in [0.2, 0.25) is 0 Å². The van der Waals surface area contributed by atoms with Crippen molar-refractivity contribution in [1.29, 1.82) is 0 Å². The average molecular weight is 230 g/mol. The lowest BCUT2D eigenvalue weighted by atomic mass is 10.7. The Labute approximate surface area is 61.2 Å². The van der Waals surface area contributed by atoms with Crippen molar-refractivity contribution in [2.45, 2.75) is 0 Å². The van der Waals surface area contributed by atoms with Gasteiger partial charge in [0.25, 0.3) is 0 Å². The van der Waals surface area contributed by atoms with E-state index in [1.165, 1.54) is 0 Å². The molecule has 0 aliphatic heterocycles. The Kier molecular flexibility index (Phi) is 5.41. The highest BCUT2D eigenvalue weighted by Crippen LogP contribution is 1.81. The fraction of sp³-hybridized carbons (Fsp3) is 0.750. The molecule has 0 aliphatic rings. The van der Waals surface area contributed by atoms with Gasteiger partial charge in [-0.2, -0.15) is 0 Å². The molecule has 48 valence electrons. The minimum absolute atomic E-state index is 0.178. The molecule has 0 rings (SSSR count). The van der Waals surface area contributed by atoms with Gasteiger partial charge in [0.1, 0.15) is 6.61 Å². The first-order valence-electron chi connectivity index (χ1n) is 2.13. The molecule has 0 aromatic heterocycles. The predicted octanol–water partition coefficient (Wildman–Crippen LogP) is 0.523. The van der Waals surface area contributed by atoms with Crippen molar-refractivity contribution in [3.05, 3.63) is 0 Å². The largest absolute Gasteiger partial charge is 0.480 e. The van der Waals surface area contributed by atoms with Crippen LogP contribution in [-0.4, -0.2) is 28.7 Å². The lowest BCUT2D eigenvalue weighted by Crippen LogP contribution is -2.07. The summed E-state index contributed by atoms with van der Waals surface area (Å²) < 4.78 is 5.48. The van der Waals surface area contributed by atoms with E-state index >= 15 is 0 Å². The van der Waals surface area contributed by atoms with Crippen LogP contribution in [0.4, 0.5) is 0 Å². The van der Waals surface area contributed by atoms with Crippen LogP contribution in [0.5, 0.6) is 0 Å². The smallest absolute Gasteiger partial charge is 0.329 e. The lowest BCUT2D eigenvalue weighted by molar-refractivity contribution is -0.141. The SMILES string of the molecule is O=C(O)COCCI. The molecule has 8 heavy (non-hydrogen) atoms. The first kappa shape index (κ1) is 8.16. The molecule has 0 aromatic rings. The van der Waals surface area contributed by atoms with Crippen molar-refractivity contribution in [2.75, 3.05) is 17.6 Å². The maximum Gasteiger partial charge on any atom is 0.329 e. The molecule has 0 saturated carbocycles. The van der Waals surface area contributed by atoms with Crippen LogP contribution in [-0.2, 0) is 9.53 Å². The fourth-order valence-electron chi connectivity index (χ4n) is 0.214. The zero-order valence-electron chi connectivity index (χ0n) is 4.26. The van der Waals surface area contributed by atoms with E-state index < -0.39 is 5.97 Å². The highest BCUT2D eigenvalue weighted by Gasteiger charge is 1.92. The number of ether oxygens (including phenoxy) is 1. The standard InChI is InChI=1S/C4H7IO3/c5-1-2-8-3-4(6)7/h1-3H2,(H,6,7). The molecular formula is C4H7IO3. The van der Waals surface area contributed by atoms with Gasteiger partial charge >= 0.3 is 5.97 Å². The fourth-order valence-corrected chi connectivity index (χ4v) is 0.525. The topological polar surface area (TPSA) is 46.5 Å². The Bertz CT molecular complexity index is 73.7. The van der Waals surface area contributed by atoms with Gasteiger partial charge in [0.2, 0.25) is 0 Å². The van der Waals surface area contributed by atoms with Gasteiger partial charge in [-0.15, -0.1) is 0 Å². The second kappa shape index (κ2) is 5.30. The Morgan fingerprint density at radius 1 is 1.75 bits per heavy atom. The third-order valence-corrected chi connectivity index (χ3v) is 0.887. The van der Waals surface area contributed by atoms with Crippen LogP contribution in [0, 0.1) is 0 Å². The molecule has 0 aromatic carbocycles. The molecule has 0 fully saturated rings. The number of hydrogen-bond donors (Lipinski definition) is 1. The van der Waals surface area contributed by atoms with Gasteiger partial charge in [0.05, 0.1) is 6.61 Å². The van der Waals surface area contributed by atoms with Gasteiger partial charge in [0.15, 0.2) is 0 Å². The quantitative estimate of drug-likeness (QED) is 0.435. The second-order valence-electron chi connectivity index (χ2n) is 1.14. The summed E-state index contributed by atoms with van der Waals surface area (Å²) in [4.78, 5) is 9.75. The van der Waals surface area contributed by atoms with Crippen LogP contribution in [0.15, 0.2) is 0 Å². The van der Waals surface area contributed by atoms with Gasteiger partial charge in [-0.1, -0.05) is 22.6 Å². The number of rotatable bonds is 4. The minimum atomic E-state index is -0.908. The number of halogens is 1. The van der Waals surface area contributed by atoms with E-state index in [1.807, 2.05) is 0 Å². The zero-order chi connectivity index (χ0) is 6.41. The maximum atomic E-state index is 9.75. The summed E-state index contributed by atoms with van der Waals surface area (Å²) in [5.41, 5.74) is 0. The zero-order valence-corrected chi connectivity index (χ0v) is 6.42. The molecule has 0 aliphatic carbocycles. The lowest BCUT2D eigenvalue weighted by Gasteiger charge is -1.93. The number of carboxylic acids is 1. The minimum Gasteiger partial charge on any atom is -0.480 e.